The number of aromatic amines is 1. The number of aromatic nitrogens is 1. The summed E-state index contributed by atoms with van der Waals surface area (Å²) in [5.74, 6) is -0.271. The molecule has 1 aliphatic rings. The molecule has 0 bridgehead atoms. The van der Waals surface area contributed by atoms with Gasteiger partial charge in [-0.1, -0.05) is 89.9 Å². The molecule has 1 N–H and O–H groups in total. The van der Waals surface area contributed by atoms with E-state index in [2.05, 4.69) is 4.98 Å². The van der Waals surface area contributed by atoms with E-state index in [-0.39, 0.29) is 11.5 Å². The summed E-state index contributed by atoms with van der Waals surface area (Å²) < 4.78 is 0. The minimum absolute atomic E-state index is 0.271. The fourth-order valence-electron chi connectivity index (χ4n) is 4.99. The summed E-state index contributed by atoms with van der Waals surface area (Å²) in [6.45, 7) is 0. The van der Waals surface area contributed by atoms with Gasteiger partial charge in [-0.2, -0.15) is 5.10 Å². The van der Waals surface area contributed by atoms with Gasteiger partial charge in [0, 0.05) is 38.5 Å². The number of amides is 1. The third kappa shape index (κ3) is 4.30. The first-order valence-corrected chi connectivity index (χ1v) is 12.9. The number of fused-ring (bicyclic) bond motifs is 1. The predicted molar refractivity (Wildman–Crippen MR) is 153 cm³/mol. The molecule has 7 heteroatoms. The molecular formula is C31H21Cl2N3O2. The fraction of sp³-hybridized carbons (Fsp3) is 0.0645. The summed E-state index contributed by atoms with van der Waals surface area (Å²) in [5, 5.41) is 8.12. The van der Waals surface area contributed by atoms with Gasteiger partial charge in [0.25, 0.3) is 11.5 Å². The van der Waals surface area contributed by atoms with Crippen molar-refractivity contribution < 1.29 is 4.79 Å². The monoisotopic (exact) mass is 537 g/mol. The maximum absolute atomic E-state index is 13.7. The van der Waals surface area contributed by atoms with Gasteiger partial charge in [0.15, 0.2) is 0 Å². The van der Waals surface area contributed by atoms with Crippen LogP contribution in [0.3, 0.4) is 0 Å². The van der Waals surface area contributed by atoms with Crippen LogP contribution in [0.4, 0.5) is 0 Å². The van der Waals surface area contributed by atoms with E-state index in [1.807, 2.05) is 72.8 Å². The lowest BCUT2D eigenvalue weighted by atomic mass is 9.91. The average Bonchev–Trinajstić information content (AvgIpc) is 3.38. The van der Waals surface area contributed by atoms with Crippen molar-refractivity contribution in [1.82, 2.24) is 9.99 Å². The third-order valence-electron chi connectivity index (χ3n) is 6.73. The minimum Gasteiger partial charge on any atom is -0.321 e. The standard InChI is InChI=1S/C31H21Cl2N3O2/c32-21-15-16-25-23(17-21)28(19-9-3-1-4-10-19)29(30(37)34-25)26-18-27(22-13-7-8-14-24(22)33)36(35-26)31(38)20-11-5-2-6-12-20/h1-17,27H,18H2,(H,34,37)/t27-/m1/s1. The first-order chi connectivity index (χ1) is 18.5. The summed E-state index contributed by atoms with van der Waals surface area (Å²) in [6.07, 6.45) is 0.317. The number of hydrogen-bond acceptors (Lipinski definition) is 3. The molecular weight excluding hydrogens is 517 g/mol. The van der Waals surface area contributed by atoms with Crippen molar-refractivity contribution in [2.75, 3.05) is 0 Å². The average molecular weight is 538 g/mol. The third-order valence-corrected chi connectivity index (χ3v) is 7.31. The lowest BCUT2D eigenvalue weighted by Crippen LogP contribution is -2.27. The van der Waals surface area contributed by atoms with Crippen LogP contribution in [-0.4, -0.2) is 21.6 Å². The van der Waals surface area contributed by atoms with Gasteiger partial charge in [0.2, 0.25) is 0 Å². The van der Waals surface area contributed by atoms with Crippen LogP contribution >= 0.6 is 23.2 Å². The number of nitrogens with zero attached hydrogens (tertiary/aromatic N) is 2. The Labute approximate surface area is 229 Å². The van der Waals surface area contributed by atoms with Gasteiger partial charge < -0.3 is 4.98 Å². The van der Waals surface area contributed by atoms with Gasteiger partial charge in [-0.05, 0) is 47.5 Å². The van der Waals surface area contributed by atoms with Crippen LogP contribution in [-0.2, 0) is 0 Å². The van der Waals surface area contributed by atoms with Crippen LogP contribution in [0, 0.1) is 0 Å². The van der Waals surface area contributed by atoms with Gasteiger partial charge in [-0.3, -0.25) is 9.59 Å². The van der Waals surface area contributed by atoms with E-state index in [1.54, 1.807) is 30.3 Å². The lowest BCUT2D eigenvalue weighted by Gasteiger charge is -2.23. The Morgan fingerprint density at radius 3 is 2.26 bits per heavy atom. The van der Waals surface area contributed by atoms with Gasteiger partial charge >= 0.3 is 0 Å². The molecule has 0 fully saturated rings. The van der Waals surface area contributed by atoms with Crippen molar-refractivity contribution in [3.8, 4) is 11.1 Å². The summed E-state index contributed by atoms with van der Waals surface area (Å²) >= 11 is 13.0. The Balaban J connectivity index is 1.59. The second-order valence-electron chi connectivity index (χ2n) is 9.06. The number of carbonyl (C=O) groups is 1. The zero-order chi connectivity index (χ0) is 26.2. The van der Waals surface area contributed by atoms with E-state index < -0.39 is 6.04 Å². The number of pyridine rings is 1. The maximum atomic E-state index is 13.7. The molecule has 0 radical (unpaired) electrons. The van der Waals surface area contributed by atoms with Crippen LogP contribution in [0.2, 0.25) is 10.0 Å². The molecule has 38 heavy (non-hydrogen) atoms. The topological polar surface area (TPSA) is 65.5 Å². The number of halogens is 2. The maximum Gasteiger partial charge on any atom is 0.274 e. The molecule has 0 saturated heterocycles. The smallest absolute Gasteiger partial charge is 0.274 e. The SMILES string of the molecule is O=C(c1ccccc1)N1N=C(c2c(-c3ccccc3)c3cc(Cl)ccc3[nH]c2=O)C[C@@H]1c1ccccc1Cl. The summed E-state index contributed by atoms with van der Waals surface area (Å²) in [7, 11) is 0. The molecule has 6 rings (SSSR count). The van der Waals surface area contributed by atoms with Gasteiger partial charge in [0.05, 0.1) is 17.3 Å². The van der Waals surface area contributed by atoms with Gasteiger partial charge in [0.1, 0.15) is 0 Å². The van der Waals surface area contributed by atoms with Gasteiger partial charge in [-0.15, -0.1) is 0 Å². The van der Waals surface area contributed by atoms with Crippen LogP contribution < -0.4 is 5.56 Å². The molecule has 5 nitrogen and oxygen atoms in total. The Kier molecular flexibility index (Phi) is 6.32. The zero-order valence-electron chi connectivity index (χ0n) is 20.1. The van der Waals surface area contributed by atoms with E-state index in [0.717, 1.165) is 22.1 Å². The van der Waals surface area contributed by atoms with Crippen LogP contribution in [0.15, 0.2) is 113 Å². The minimum atomic E-state index is -0.482. The van der Waals surface area contributed by atoms with Crippen molar-refractivity contribution >= 4 is 45.7 Å². The number of hydrazone groups is 1. The predicted octanol–water partition coefficient (Wildman–Crippen LogP) is 7.49. The Morgan fingerprint density at radius 2 is 1.53 bits per heavy atom. The number of rotatable bonds is 4. The largest absolute Gasteiger partial charge is 0.321 e. The summed E-state index contributed by atoms with van der Waals surface area (Å²) in [4.78, 5) is 30.3. The number of H-pyrrole nitrogens is 1. The van der Waals surface area contributed by atoms with E-state index in [1.165, 1.54) is 5.01 Å². The van der Waals surface area contributed by atoms with Crippen molar-refractivity contribution in [1.29, 1.82) is 0 Å². The summed E-state index contributed by atoms with van der Waals surface area (Å²) in [6, 6.07) is 30.9. The number of hydrogen-bond donors (Lipinski definition) is 1. The molecule has 2 heterocycles. The Bertz CT molecular complexity index is 1770. The normalized spacial score (nSPS) is 15.1. The van der Waals surface area contributed by atoms with Gasteiger partial charge in [-0.25, -0.2) is 5.01 Å². The quantitative estimate of drug-likeness (QED) is 0.258. The molecule has 0 saturated carbocycles. The second-order valence-corrected chi connectivity index (χ2v) is 9.91. The van der Waals surface area contributed by atoms with Crippen LogP contribution in [0.1, 0.15) is 33.9 Å². The molecule has 1 aliphatic heterocycles. The number of benzene rings is 4. The first kappa shape index (κ1) is 24.2. The molecule has 0 spiro atoms. The van der Waals surface area contributed by atoms with Crippen molar-refractivity contribution in [2.24, 2.45) is 5.10 Å². The zero-order valence-corrected chi connectivity index (χ0v) is 21.6. The highest BCUT2D eigenvalue weighted by Gasteiger charge is 2.36. The van der Waals surface area contributed by atoms with E-state index in [9.17, 15) is 9.59 Å². The van der Waals surface area contributed by atoms with Crippen LogP contribution in [0.5, 0.6) is 0 Å². The second kappa shape index (κ2) is 9.93. The van der Waals surface area contributed by atoms with E-state index >= 15 is 0 Å². The molecule has 5 aromatic rings. The number of carbonyl (C=O) groups excluding carboxylic acids is 1. The highest BCUT2D eigenvalue weighted by Crippen LogP contribution is 2.39. The first-order valence-electron chi connectivity index (χ1n) is 12.1. The molecule has 1 atom stereocenters. The summed E-state index contributed by atoms with van der Waals surface area (Å²) in [5.41, 5.74) is 4.12. The molecule has 1 amide bonds. The molecule has 186 valence electrons. The van der Waals surface area contributed by atoms with E-state index in [0.29, 0.717) is 38.8 Å². The van der Waals surface area contributed by atoms with Crippen molar-refractivity contribution in [3.05, 3.63) is 140 Å². The van der Waals surface area contributed by atoms with Crippen LogP contribution in [0.25, 0.3) is 22.0 Å². The molecule has 0 unspecified atom stereocenters. The lowest BCUT2D eigenvalue weighted by molar-refractivity contribution is 0.0711. The molecule has 4 aromatic carbocycles. The number of nitrogens with one attached hydrogen (secondary N) is 1. The Hall–Kier alpha value is -4.19. The van der Waals surface area contributed by atoms with E-state index in [4.69, 9.17) is 28.3 Å². The van der Waals surface area contributed by atoms with Crippen molar-refractivity contribution in [3.63, 3.8) is 0 Å². The molecule has 1 aromatic heterocycles. The fourth-order valence-corrected chi connectivity index (χ4v) is 5.43. The molecule has 0 aliphatic carbocycles. The highest BCUT2D eigenvalue weighted by atomic mass is 35.5. The van der Waals surface area contributed by atoms with Crippen molar-refractivity contribution in [2.45, 2.75) is 12.5 Å². The Morgan fingerprint density at radius 1 is 0.842 bits per heavy atom. The highest BCUT2D eigenvalue weighted by molar-refractivity contribution is 6.32.